The standard InChI is InChI=1S/C14H20N2O3/c1-14(6-8-18-9-7-14)16-13(17)10-19-12-5-3-2-4-11(12)15/h2-5H,6-10,15H2,1H3,(H,16,17). The maximum Gasteiger partial charge on any atom is 0.258 e. The van der Waals surface area contributed by atoms with Crippen molar-refractivity contribution in [1.82, 2.24) is 5.32 Å². The van der Waals surface area contributed by atoms with Crippen molar-refractivity contribution >= 4 is 11.6 Å². The Morgan fingerprint density at radius 3 is 2.79 bits per heavy atom. The van der Waals surface area contributed by atoms with Crippen LogP contribution in [-0.4, -0.2) is 31.3 Å². The minimum Gasteiger partial charge on any atom is -0.482 e. The van der Waals surface area contributed by atoms with E-state index >= 15 is 0 Å². The number of hydrogen-bond donors (Lipinski definition) is 2. The summed E-state index contributed by atoms with van der Waals surface area (Å²) in [6.45, 7) is 3.38. The van der Waals surface area contributed by atoms with E-state index in [1.165, 1.54) is 0 Å². The van der Waals surface area contributed by atoms with Crippen LogP contribution in [0.15, 0.2) is 24.3 Å². The van der Waals surface area contributed by atoms with Crippen LogP contribution >= 0.6 is 0 Å². The summed E-state index contributed by atoms with van der Waals surface area (Å²) >= 11 is 0. The Balaban J connectivity index is 1.83. The predicted octanol–water partition coefficient (Wildman–Crippen LogP) is 1.33. The molecular formula is C14H20N2O3. The molecule has 0 aliphatic carbocycles. The van der Waals surface area contributed by atoms with Crippen molar-refractivity contribution in [3.05, 3.63) is 24.3 Å². The Labute approximate surface area is 113 Å². The molecule has 0 saturated carbocycles. The maximum atomic E-state index is 11.9. The first-order valence-corrected chi connectivity index (χ1v) is 6.45. The highest BCUT2D eigenvalue weighted by molar-refractivity contribution is 5.78. The molecule has 3 N–H and O–H groups in total. The van der Waals surface area contributed by atoms with E-state index in [1.807, 2.05) is 19.1 Å². The molecule has 1 aromatic rings. The van der Waals surface area contributed by atoms with Crippen molar-refractivity contribution in [3.63, 3.8) is 0 Å². The molecule has 0 spiro atoms. The quantitative estimate of drug-likeness (QED) is 0.805. The third-order valence-corrected chi connectivity index (χ3v) is 3.32. The van der Waals surface area contributed by atoms with E-state index in [-0.39, 0.29) is 18.1 Å². The van der Waals surface area contributed by atoms with Crippen LogP contribution in [0.5, 0.6) is 5.75 Å². The third-order valence-electron chi connectivity index (χ3n) is 3.32. The van der Waals surface area contributed by atoms with Gasteiger partial charge in [0, 0.05) is 18.8 Å². The molecule has 104 valence electrons. The summed E-state index contributed by atoms with van der Waals surface area (Å²) in [6.07, 6.45) is 1.65. The number of ether oxygens (including phenoxy) is 2. The van der Waals surface area contributed by atoms with Crippen molar-refractivity contribution in [1.29, 1.82) is 0 Å². The zero-order valence-corrected chi connectivity index (χ0v) is 11.1. The fourth-order valence-corrected chi connectivity index (χ4v) is 2.07. The van der Waals surface area contributed by atoms with E-state index in [4.69, 9.17) is 15.2 Å². The summed E-state index contributed by atoms with van der Waals surface area (Å²) < 4.78 is 10.7. The number of para-hydroxylation sites is 2. The van der Waals surface area contributed by atoms with Gasteiger partial charge in [-0.05, 0) is 31.9 Å². The van der Waals surface area contributed by atoms with Gasteiger partial charge in [0.05, 0.1) is 5.69 Å². The lowest BCUT2D eigenvalue weighted by atomic mass is 9.92. The van der Waals surface area contributed by atoms with Crippen molar-refractivity contribution in [2.75, 3.05) is 25.6 Å². The van der Waals surface area contributed by atoms with Gasteiger partial charge < -0.3 is 20.5 Å². The normalized spacial score (nSPS) is 17.7. The molecule has 0 unspecified atom stereocenters. The van der Waals surface area contributed by atoms with E-state index < -0.39 is 0 Å². The minimum atomic E-state index is -0.194. The summed E-state index contributed by atoms with van der Waals surface area (Å²) in [5, 5.41) is 3.00. The molecule has 0 aromatic heterocycles. The van der Waals surface area contributed by atoms with Crippen LogP contribution in [0.1, 0.15) is 19.8 Å². The lowest BCUT2D eigenvalue weighted by Crippen LogP contribution is -2.50. The summed E-state index contributed by atoms with van der Waals surface area (Å²) in [5.74, 6) is 0.405. The van der Waals surface area contributed by atoms with Crippen LogP contribution in [-0.2, 0) is 9.53 Å². The topological polar surface area (TPSA) is 73.6 Å². The molecule has 2 rings (SSSR count). The molecule has 1 amide bonds. The highest BCUT2D eigenvalue weighted by Gasteiger charge is 2.28. The van der Waals surface area contributed by atoms with E-state index in [1.54, 1.807) is 12.1 Å². The number of benzene rings is 1. The van der Waals surface area contributed by atoms with Crippen molar-refractivity contribution in [3.8, 4) is 5.75 Å². The molecular weight excluding hydrogens is 244 g/mol. The highest BCUT2D eigenvalue weighted by Crippen LogP contribution is 2.21. The number of carbonyl (C=O) groups is 1. The first-order chi connectivity index (χ1) is 9.09. The van der Waals surface area contributed by atoms with E-state index in [2.05, 4.69) is 5.32 Å². The molecule has 0 bridgehead atoms. The first kappa shape index (κ1) is 13.7. The number of rotatable bonds is 4. The zero-order chi connectivity index (χ0) is 13.7. The van der Waals surface area contributed by atoms with E-state index in [0.717, 1.165) is 12.8 Å². The number of anilines is 1. The fourth-order valence-electron chi connectivity index (χ4n) is 2.07. The molecule has 1 aliphatic rings. The molecule has 1 saturated heterocycles. The number of nitrogens with one attached hydrogen (secondary N) is 1. The summed E-state index contributed by atoms with van der Waals surface area (Å²) in [4.78, 5) is 11.9. The largest absolute Gasteiger partial charge is 0.482 e. The number of amides is 1. The van der Waals surface area contributed by atoms with Crippen molar-refractivity contribution in [2.45, 2.75) is 25.3 Å². The van der Waals surface area contributed by atoms with Crippen molar-refractivity contribution in [2.24, 2.45) is 0 Å². The van der Waals surface area contributed by atoms with Gasteiger partial charge in [0.15, 0.2) is 6.61 Å². The second kappa shape index (κ2) is 5.93. The predicted molar refractivity (Wildman–Crippen MR) is 73.0 cm³/mol. The number of nitrogens with two attached hydrogens (primary N) is 1. The lowest BCUT2D eigenvalue weighted by Gasteiger charge is -2.34. The lowest BCUT2D eigenvalue weighted by molar-refractivity contribution is -0.126. The van der Waals surface area contributed by atoms with Crippen LogP contribution < -0.4 is 15.8 Å². The molecule has 1 aromatic carbocycles. The third kappa shape index (κ3) is 3.86. The Kier molecular flexibility index (Phi) is 4.27. The number of nitrogen functional groups attached to an aromatic ring is 1. The number of hydrogen-bond acceptors (Lipinski definition) is 4. The number of carbonyl (C=O) groups excluding carboxylic acids is 1. The second-order valence-electron chi connectivity index (χ2n) is 5.05. The van der Waals surface area contributed by atoms with Gasteiger partial charge in [-0.2, -0.15) is 0 Å². The van der Waals surface area contributed by atoms with Gasteiger partial charge in [0.1, 0.15) is 5.75 Å². The molecule has 0 atom stereocenters. The Morgan fingerprint density at radius 1 is 1.42 bits per heavy atom. The smallest absolute Gasteiger partial charge is 0.258 e. The summed E-state index contributed by atoms with van der Waals surface area (Å²) in [5.41, 5.74) is 6.09. The molecule has 1 aliphatic heterocycles. The van der Waals surface area contributed by atoms with Crippen LogP contribution in [0.4, 0.5) is 5.69 Å². The van der Waals surface area contributed by atoms with Gasteiger partial charge in [0.2, 0.25) is 0 Å². The minimum absolute atomic E-state index is 0.0232. The van der Waals surface area contributed by atoms with Crippen LogP contribution in [0, 0.1) is 0 Å². The van der Waals surface area contributed by atoms with Crippen LogP contribution in [0.25, 0.3) is 0 Å². The zero-order valence-electron chi connectivity index (χ0n) is 11.1. The Bertz CT molecular complexity index is 442. The van der Waals surface area contributed by atoms with Gasteiger partial charge in [-0.3, -0.25) is 4.79 Å². The molecule has 1 heterocycles. The maximum absolute atomic E-state index is 11.9. The average molecular weight is 264 g/mol. The molecule has 19 heavy (non-hydrogen) atoms. The van der Waals surface area contributed by atoms with Crippen molar-refractivity contribution < 1.29 is 14.3 Å². The van der Waals surface area contributed by atoms with Gasteiger partial charge in [0.25, 0.3) is 5.91 Å². The Hall–Kier alpha value is -1.75. The van der Waals surface area contributed by atoms with Crippen LogP contribution in [0.3, 0.4) is 0 Å². The van der Waals surface area contributed by atoms with Gasteiger partial charge in [-0.15, -0.1) is 0 Å². The Morgan fingerprint density at radius 2 is 2.11 bits per heavy atom. The average Bonchev–Trinajstić information content (AvgIpc) is 2.38. The van der Waals surface area contributed by atoms with Crippen LogP contribution in [0.2, 0.25) is 0 Å². The summed E-state index contributed by atoms with van der Waals surface area (Å²) in [7, 11) is 0. The van der Waals surface area contributed by atoms with Gasteiger partial charge in [-0.25, -0.2) is 0 Å². The SMILES string of the molecule is CC1(NC(=O)COc2ccccc2N)CCOCC1. The monoisotopic (exact) mass is 264 g/mol. The molecule has 5 nitrogen and oxygen atoms in total. The molecule has 0 radical (unpaired) electrons. The van der Waals surface area contributed by atoms with Gasteiger partial charge >= 0.3 is 0 Å². The summed E-state index contributed by atoms with van der Waals surface area (Å²) in [6, 6.07) is 7.14. The van der Waals surface area contributed by atoms with E-state index in [9.17, 15) is 4.79 Å². The highest BCUT2D eigenvalue weighted by atomic mass is 16.5. The van der Waals surface area contributed by atoms with Gasteiger partial charge in [-0.1, -0.05) is 12.1 Å². The first-order valence-electron chi connectivity index (χ1n) is 6.45. The fraction of sp³-hybridized carbons (Fsp3) is 0.500. The molecule has 5 heteroatoms. The second-order valence-corrected chi connectivity index (χ2v) is 5.05. The molecule has 1 fully saturated rings. The van der Waals surface area contributed by atoms with E-state index in [0.29, 0.717) is 24.7 Å².